The highest BCUT2D eigenvalue weighted by Crippen LogP contribution is 2.48. The summed E-state index contributed by atoms with van der Waals surface area (Å²) in [5, 5.41) is 1.87. The number of halogens is 4. The maximum absolute atomic E-state index is 13.6. The molecule has 2 amide bonds. The molecule has 36 heavy (non-hydrogen) atoms. The minimum atomic E-state index is -4.51. The van der Waals surface area contributed by atoms with Crippen LogP contribution in [0.1, 0.15) is 24.1 Å². The summed E-state index contributed by atoms with van der Waals surface area (Å²) in [6.45, 7) is 2.31. The van der Waals surface area contributed by atoms with Gasteiger partial charge in [-0.3, -0.25) is 14.4 Å². The first-order valence-corrected chi connectivity index (χ1v) is 11.6. The van der Waals surface area contributed by atoms with E-state index in [1.54, 1.807) is 48.5 Å². The van der Waals surface area contributed by atoms with Crippen molar-refractivity contribution in [3.63, 3.8) is 0 Å². The summed E-state index contributed by atoms with van der Waals surface area (Å²) in [6.07, 6.45) is -5.65. The molecule has 0 spiro atoms. The van der Waals surface area contributed by atoms with Gasteiger partial charge in [0.15, 0.2) is 6.10 Å². The fraction of sp³-hybridized carbons (Fsp3) is 0.231. The van der Waals surface area contributed by atoms with Crippen LogP contribution in [0.4, 0.5) is 24.5 Å². The lowest BCUT2D eigenvalue weighted by atomic mass is 9.90. The van der Waals surface area contributed by atoms with Crippen molar-refractivity contribution in [2.75, 3.05) is 16.6 Å². The van der Waals surface area contributed by atoms with E-state index < -0.39 is 41.6 Å². The molecule has 2 heterocycles. The number of nitrogens with zero attached hydrogens (tertiary/aromatic N) is 2. The molecule has 0 N–H and O–H groups in total. The van der Waals surface area contributed by atoms with Crippen molar-refractivity contribution in [1.82, 2.24) is 0 Å². The van der Waals surface area contributed by atoms with E-state index in [1.807, 2.05) is 6.92 Å². The van der Waals surface area contributed by atoms with Crippen LogP contribution < -0.4 is 14.7 Å². The van der Waals surface area contributed by atoms with Crippen LogP contribution in [-0.2, 0) is 20.6 Å². The van der Waals surface area contributed by atoms with Gasteiger partial charge in [-0.05, 0) is 73.2 Å². The number of carbonyl (C=O) groups is 2. The van der Waals surface area contributed by atoms with Crippen LogP contribution in [0, 0.1) is 5.92 Å². The number of rotatable bonds is 5. The monoisotopic (exact) mass is 516 g/mol. The molecule has 0 aromatic heterocycles. The van der Waals surface area contributed by atoms with E-state index in [9.17, 15) is 22.8 Å². The van der Waals surface area contributed by atoms with Crippen LogP contribution in [0.3, 0.4) is 0 Å². The summed E-state index contributed by atoms with van der Waals surface area (Å²) in [4.78, 5) is 34.0. The smallest absolute Gasteiger partial charge is 0.416 e. The lowest BCUT2D eigenvalue weighted by Gasteiger charge is -2.29. The maximum atomic E-state index is 13.6. The van der Waals surface area contributed by atoms with E-state index in [2.05, 4.69) is 0 Å². The topological polar surface area (TPSA) is 59.1 Å². The van der Waals surface area contributed by atoms with E-state index in [0.717, 1.165) is 17.0 Å². The van der Waals surface area contributed by atoms with Crippen LogP contribution in [0.25, 0.3) is 0 Å². The average Bonchev–Trinajstić information content (AvgIpc) is 3.36. The predicted molar refractivity (Wildman–Crippen MR) is 127 cm³/mol. The van der Waals surface area contributed by atoms with Gasteiger partial charge in [-0.15, -0.1) is 0 Å². The van der Waals surface area contributed by atoms with Crippen molar-refractivity contribution >= 4 is 34.8 Å². The first-order valence-electron chi connectivity index (χ1n) is 11.2. The quantitative estimate of drug-likeness (QED) is 0.401. The second-order valence-electron chi connectivity index (χ2n) is 8.36. The molecule has 10 heteroatoms. The van der Waals surface area contributed by atoms with Gasteiger partial charge in [0.05, 0.1) is 29.6 Å². The molecule has 186 valence electrons. The second-order valence-corrected chi connectivity index (χ2v) is 8.79. The van der Waals surface area contributed by atoms with Gasteiger partial charge < -0.3 is 4.74 Å². The van der Waals surface area contributed by atoms with Gasteiger partial charge in [-0.25, -0.2) is 9.96 Å². The minimum absolute atomic E-state index is 0.357. The number of benzene rings is 3. The molecule has 0 radical (unpaired) electrons. The van der Waals surface area contributed by atoms with Crippen LogP contribution in [-0.4, -0.2) is 24.5 Å². The SMILES string of the molecule is CCOc1ccc(N2C(=O)[C@H]3[C@@H](c4ccc(C(F)(F)F)cc4)N(c4ccc(Cl)cc4)O[C@H]3C2=O)cc1. The number of ether oxygens (including phenoxy) is 1. The number of alkyl halides is 3. The van der Waals surface area contributed by atoms with Gasteiger partial charge in [-0.2, -0.15) is 13.2 Å². The number of amides is 2. The number of hydroxylamine groups is 1. The summed E-state index contributed by atoms with van der Waals surface area (Å²) >= 11 is 6.00. The number of anilines is 2. The molecule has 0 bridgehead atoms. The standard InChI is InChI=1S/C26H20ClF3N2O4/c1-2-35-20-13-11-18(12-14-20)31-24(33)21-22(15-3-5-16(6-4-15)26(28,29)30)32(36-23(21)25(31)34)19-9-7-17(27)8-10-19/h3-14,21-23H,2H2,1H3/t21-,22+,23+/m0/s1. The van der Waals surface area contributed by atoms with E-state index in [4.69, 9.17) is 21.2 Å². The maximum Gasteiger partial charge on any atom is 0.416 e. The Kier molecular flexibility index (Phi) is 6.13. The Hall–Kier alpha value is -3.56. The van der Waals surface area contributed by atoms with Crippen molar-refractivity contribution in [3.05, 3.63) is 88.9 Å². The highest BCUT2D eigenvalue weighted by atomic mass is 35.5. The Balaban J connectivity index is 1.53. The second kappa shape index (κ2) is 9.15. The van der Waals surface area contributed by atoms with Crippen LogP contribution in [0.15, 0.2) is 72.8 Å². The molecular weight excluding hydrogens is 497 g/mol. The van der Waals surface area contributed by atoms with Crippen molar-refractivity contribution in [2.45, 2.75) is 25.2 Å². The molecule has 3 atom stereocenters. The Bertz CT molecular complexity index is 1280. The fourth-order valence-corrected chi connectivity index (χ4v) is 4.67. The molecule has 0 aliphatic carbocycles. The van der Waals surface area contributed by atoms with Gasteiger partial charge in [-0.1, -0.05) is 23.7 Å². The number of imide groups is 1. The first-order chi connectivity index (χ1) is 17.2. The van der Waals surface area contributed by atoms with Crippen LogP contribution >= 0.6 is 11.6 Å². The highest BCUT2D eigenvalue weighted by Gasteiger charge is 2.60. The third-order valence-corrected chi connectivity index (χ3v) is 6.43. The number of fused-ring (bicyclic) bond motifs is 1. The summed E-state index contributed by atoms with van der Waals surface area (Å²) in [6, 6.07) is 16.7. The van der Waals surface area contributed by atoms with Crippen molar-refractivity contribution in [1.29, 1.82) is 0 Å². The van der Waals surface area contributed by atoms with Gasteiger partial charge in [0.2, 0.25) is 5.91 Å². The van der Waals surface area contributed by atoms with Gasteiger partial charge in [0, 0.05) is 5.02 Å². The summed E-state index contributed by atoms with van der Waals surface area (Å²) < 4.78 is 44.9. The Morgan fingerprint density at radius 1 is 0.889 bits per heavy atom. The normalized spacial score (nSPS) is 21.8. The Morgan fingerprint density at radius 3 is 2.08 bits per heavy atom. The molecular formula is C26H20ClF3N2O4. The Labute approximate surface area is 209 Å². The zero-order valence-electron chi connectivity index (χ0n) is 18.9. The molecule has 0 saturated carbocycles. The molecule has 2 saturated heterocycles. The lowest BCUT2D eigenvalue weighted by molar-refractivity contribution is -0.137. The molecule has 3 aromatic carbocycles. The van der Waals surface area contributed by atoms with Gasteiger partial charge in [0.25, 0.3) is 5.91 Å². The molecule has 0 unspecified atom stereocenters. The molecule has 2 aliphatic rings. The molecule has 6 nitrogen and oxygen atoms in total. The van der Waals surface area contributed by atoms with Crippen LogP contribution in [0.2, 0.25) is 5.02 Å². The molecule has 2 aliphatic heterocycles. The largest absolute Gasteiger partial charge is 0.494 e. The first kappa shape index (κ1) is 24.1. The zero-order valence-corrected chi connectivity index (χ0v) is 19.7. The van der Waals surface area contributed by atoms with Crippen molar-refractivity contribution < 1.29 is 32.3 Å². The highest BCUT2D eigenvalue weighted by molar-refractivity contribution is 6.30. The van der Waals surface area contributed by atoms with E-state index in [0.29, 0.717) is 34.3 Å². The third-order valence-electron chi connectivity index (χ3n) is 6.18. The van der Waals surface area contributed by atoms with E-state index >= 15 is 0 Å². The number of hydrogen-bond donors (Lipinski definition) is 0. The van der Waals surface area contributed by atoms with Crippen molar-refractivity contribution in [2.24, 2.45) is 5.92 Å². The summed E-state index contributed by atoms with van der Waals surface area (Å²) in [7, 11) is 0. The average molecular weight is 517 g/mol. The zero-order chi connectivity index (χ0) is 25.6. The summed E-state index contributed by atoms with van der Waals surface area (Å²) in [5.41, 5.74) is 0.451. The predicted octanol–water partition coefficient (Wildman–Crippen LogP) is 5.81. The van der Waals surface area contributed by atoms with Gasteiger partial charge >= 0.3 is 6.18 Å². The van der Waals surface area contributed by atoms with Crippen molar-refractivity contribution in [3.8, 4) is 5.75 Å². The lowest BCUT2D eigenvalue weighted by Crippen LogP contribution is -2.37. The summed E-state index contributed by atoms with van der Waals surface area (Å²) in [5.74, 6) is -1.44. The molecule has 5 rings (SSSR count). The fourth-order valence-electron chi connectivity index (χ4n) is 4.55. The number of hydrogen-bond acceptors (Lipinski definition) is 5. The molecule has 2 fully saturated rings. The van der Waals surface area contributed by atoms with E-state index in [1.165, 1.54) is 17.2 Å². The number of carbonyl (C=O) groups excluding carboxylic acids is 2. The molecule has 3 aromatic rings. The third kappa shape index (κ3) is 4.18. The minimum Gasteiger partial charge on any atom is -0.494 e. The Morgan fingerprint density at radius 2 is 1.50 bits per heavy atom. The van der Waals surface area contributed by atoms with Gasteiger partial charge in [0.1, 0.15) is 11.7 Å². The van der Waals surface area contributed by atoms with E-state index in [-0.39, 0.29) is 0 Å². The van der Waals surface area contributed by atoms with Crippen LogP contribution in [0.5, 0.6) is 5.75 Å².